The third-order valence-corrected chi connectivity index (χ3v) is 3.36. The van der Waals surface area contributed by atoms with Crippen LogP contribution in [-0.2, 0) is 0 Å². The van der Waals surface area contributed by atoms with Gasteiger partial charge in [0.05, 0.1) is 0 Å². The van der Waals surface area contributed by atoms with Gasteiger partial charge in [-0.05, 0) is 49.4 Å². The molecule has 0 bridgehead atoms. The molecule has 80 valence electrons. The van der Waals surface area contributed by atoms with E-state index in [1.165, 1.54) is 29.5 Å². The Morgan fingerprint density at radius 1 is 1.27 bits per heavy atom. The van der Waals surface area contributed by atoms with Crippen molar-refractivity contribution in [3.8, 4) is 0 Å². The van der Waals surface area contributed by atoms with E-state index < -0.39 is 0 Å². The summed E-state index contributed by atoms with van der Waals surface area (Å²) in [4.78, 5) is 2.31. The smallest absolute Gasteiger partial charge is 0.0366 e. The summed E-state index contributed by atoms with van der Waals surface area (Å²) in [6, 6.07) is 7.32. The second-order valence-electron chi connectivity index (χ2n) is 4.59. The molecule has 0 aliphatic heterocycles. The molecule has 15 heavy (non-hydrogen) atoms. The van der Waals surface area contributed by atoms with Gasteiger partial charge in [-0.3, -0.25) is 0 Å². The van der Waals surface area contributed by atoms with Crippen LogP contribution in [0.5, 0.6) is 0 Å². The molecule has 0 N–H and O–H groups in total. The van der Waals surface area contributed by atoms with Gasteiger partial charge in [0.2, 0.25) is 0 Å². The zero-order valence-electron chi connectivity index (χ0n) is 9.88. The lowest BCUT2D eigenvalue weighted by Crippen LogP contribution is -2.18. The van der Waals surface area contributed by atoms with E-state index in [1.807, 2.05) is 0 Å². The van der Waals surface area contributed by atoms with Gasteiger partial charge in [-0.1, -0.05) is 18.7 Å². The molecule has 0 radical (unpaired) electrons. The SMILES string of the molecule is C=C(c1ccc(C)c(C)c1)N(C)C1CC1. The summed E-state index contributed by atoms with van der Waals surface area (Å²) < 4.78 is 0. The van der Waals surface area contributed by atoms with E-state index in [2.05, 4.69) is 50.6 Å². The number of hydrogen-bond donors (Lipinski definition) is 0. The Balaban J connectivity index is 2.21. The molecule has 1 aliphatic rings. The minimum atomic E-state index is 0.735. The van der Waals surface area contributed by atoms with Crippen LogP contribution in [0.25, 0.3) is 5.70 Å². The first-order chi connectivity index (χ1) is 7.09. The van der Waals surface area contributed by atoms with Crippen LogP contribution >= 0.6 is 0 Å². The standard InChI is InChI=1S/C14H19N/c1-10-5-6-13(9-11(10)2)12(3)15(4)14-7-8-14/h5-6,9,14H,3,7-8H2,1-2,4H3. The third-order valence-electron chi connectivity index (χ3n) is 3.36. The molecule has 1 aromatic carbocycles. The minimum Gasteiger partial charge on any atom is -0.372 e. The van der Waals surface area contributed by atoms with Crippen molar-refractivity contribution in [2.75, 3.05) is 7.05 Å². The van der Waals surface area contributed by atoms with Crippen molar-refractivity contribution in [3.05, 3.63) is 41.5 Å². The number of hydrogen-bond acceptors (Lipinski definition) is 1. The molecule has 1 nitrogen and oxygen atoms in total. The second kappa shape index (κ2) is 3.73. The van der Waals surface area contributed by atoms with Crippen molar-refractivity contribution in [3.63, 3.8) is 0 Å². The van der Waals surface area contributed by atoms with E-state index in [9.17, 15) is 0 Å². The molecule has 1 aromatic rings. The Kier molecular flexibility index (Phi) is 2.56. The molecule has 1 aliphatic carbocycles. The third kappa shape index (κ3) is 2.06. The fraction of sp³-hybridized carbons (Fsp3) is 0.429. The highest BCUT2D eigenvalue weighted by Crippen LogP contribution is 2.31. The summed E-state index contributed by atoms with van der Waals surface area (Å²) in [5.74, 6) is 0. The average molecular weight is 201 g/mol. The Labute approximate surface area is 92.4 Å². The van der Waals surface area contributed by atoms with E-state index in [0.29, 0.717) is 0 Å². The van der Waals surface area contributed by atoms with E-state index in [0.717, 1.165) is 11.7 Å². The van der Waals surface area contributed by atoms with Crippen LogP contribution in [0.1, 0.15) is 29.5 Å². The summed E-state index contributed by atoms with van der Waals surface area (Å²) in [7, 11) is 2.15. The molecule has 0 unspecified atom stereocenters. The molecule has 0 aromatic heterocycles. The van der Waals surface area contributed by atoms with Gasteiger partial charge in [0.15, 0.2) is 0 Å². The van der Waals surface area contributed by atoms with E-state index in [-0.39, 0.29) is 0 Å². The van der Waals surface area contributed by atoms with Crippen LogP contribution in [-0.4, -0.2) is 18.0 Å². The van der Waals surface area contributed by atoms with E-state index in [4.69, 9.17) is 0 Å². The molecule has 0 atom stereocenters. The molecular formula is C14H19N. The highest BCUT2D eigenvalue weighted by molar-refractivity contribution is 5.63. The van der Waals surface area contributed by atoms with Crippen molar-refractivity contribution in [1.29, 1.82) is 0 Å². The summed E-state index contributed by atoms with van der Waals surface area (Å²) in [5, 5.41) is 0. The number of nitrogens with zero attached hydrogens (tertiary/aromatic N) is 1. The van der Waals surface area contributed by atoms with Crippen LogP contribution in [0, 0.1) is 13.8 Å². The van der Waals surface area contributed by atoms with E-state index in [1.54, 1.807) is 0 Å². The van der Waals surface area contributed by atoms with Crippen LogP contribution in [0.4, 0.5) is 0 Å². The first-order valence-corrected chi connectivity index (χ1v) is 5.59. The zero-order valence-corrected chi connectivity index (χ0v) is 9.88. The van der Waals surface area contributed by atoms with Gasteiger partial charge in [-0.25, -0.2) is 0 Å². The quantitative estimate of drug-likeness (QED) is 0.724. The summed E-state index contributed by atoms with van der Waals surface area (Å²) in [5.41, 5.74) is 5.10. The second-order valence-corrected chi connectivity index (χ2v) is 4.59. The van der Waals surface area contributed by atoms with E-state index >= 15 is 0 Å². The molecule has 1 heteroatoms. The van der Waals surface area contributed by atoms with Gasteiger partial charge in [0.1, 0.15) is 0 Å². The van der Waals surface area contributed by atoms with Gasteiger partial charge in [-0.2, -0.15) is 0 Å². The normalized spacial score (nSPS) is 15.1. The first kappa shape index (κ1) is 10.3. The molecule has 0 spiro atoms. The van der Waals surface area contributed by atoms with Crippen molar-refractivity contribution in [1.82, 2.24) is 4.90 Å². The monoisotopic (exact) mass is 201 g/mol. The van der Waals surface area contributed by atoms with Crippen LogP contribution in [0.3, 0.4) is 0 Å². The lowest BCUT2D eigenvalue weighted by atomic mass is 10.0. The summed E-state index contributed by atoms with van der Waals surface area (Å²) in [6.07, 6.45) is 2.64. The zero-order chi connectivity index (χ0) is 11.0. The molecule has 0 saturated heterocycles. The van der Waals surface area contributed by atoms with Crippen LogP contribution < -0.4 is 0 Å². The van der Waals surface area contributed by atoms with Crippen molar-refractivity contribution < 1.29 is 0 Å². The Hall–Kier alpha value is -1.24. The van der Waals surface area contributed by atoms with Crippen molar-refractivity contribution in [2.45, 2.75) is 32.7 Å². The van der Waals surface area contributed by atoms with Gasteiger partial charge in [-0.15, -0.1) is 0 Å². The maximum Gasteiger partial charge on any atom is 0.0366 e. The largest absolute Gasteiger partial charge is 0.372 e. The average Bonchev–Trinajstić information content (AvgIpc) is 3.03. The van der Waals surface area contributed by atoms with Crippen LogP contribution in [0.15, 0.2) is 24.8 Å². The first-order valence-electron chi connectivity index (χ1n) is 5.59. The Morgan fingerprint density at radius 3 is 2.47 bits per heavy atom. The lowest BCUT2D eigenvalue weighted by Gasteiger charge is -2.22. The summed E-state index contributed by atoms with van der Waals surface area (Å²) >= 11 is 0. The lowest BCUT2D eigenvalue weighted by molar-refractivity contribution is 0.472. The van der Waals surface area contributed by atoms with Gasteiger partial charge in [0, 0.05) is 18.8 Å². The maximum atomic E-state index is 4.18. The maximum absolute atomic E-state index is 4.18. The predicted molar refractivity (Wildman–Crippen MR) is 65.7 cm³/mol. The molecule has 0 amide bonds. The molecular weight excluding hydrogens is 182 g/mol. The number of aryl methyl sites for hydroxylation is 2. The Bertz CT molecular complexity index is 388. The molecule has 1 fully saturated rings. The highest BCUT2D eigenvalue weighted by Gasteiger charge is 2.27. The van der Waals surface area contributed by atoms with Crippen molar-refractivity contribution in [2.24, 2.45) is 0 Å². The van der Waals surface area contributed by atoms with Crippen LogP contribution in [0.2, 0.25) is 0 Å². The predicted octanol–water partition coefficient (Wildman–Crippen LogP) is 3.37. The molecule has 2 rings (SSSR count). The fourth-order valence-corrected chi connectivity index (χ4v) is 1.81. The number of rotatable bonds is 3. The summed E-state index contributed by atoms with van der Waals surface area (Å²) in [6.45, 7) is 8.48. The molecule has 0 heterocycles. The minimum absolute atomic E-state index is 0.735. The Morgan fingerprint density at radius 2 is 1.93 bits per heavy atom. The van der Waals surface area contributed by atoms with Gasteiger partial charge < -0.3 is 4.90 Å². The van der Waals surface area contributed by atoms with Crippen molar-refractivity contribution >= 4 is 5.70 Å². The topological polar surface area (TPSA) is 3.24 Å². The highest BCUT2D eigenvalue weighted by atomic mass is 15.2. The van der Waals surface area contributed by atoms with Gasteiger partial charge in [0.25, 0.3) is 0 Å². The fourth-order valence-electron chi connectivity index (χ4n) is 1.81. The van der Waals surface area contributed by atoms with Gasteiger partial charge >= 0.3 is 0 Å². The number of benzene rings is 1. The molecule has 1 saturated carbocycles.